The van der Waals surface area contributed by atoms with Crippen LogP contribution in [0.25, 0.3) is 0 Å². The average Bonchev–Trinajstić information content (AvgIpc) is 3.06. The Bertz CT molecular complexity index is 525. The number of carbonyl (C=O) groups is 4. The molecule has 0 radical (unpaired) electrons. The fourth-order valence-electron chi connectivity index (χ4n) is 2.72. The highest BCUT2D eigenvalue weighted by molar-refractivity contribution is 5.93. The molecule has 3 amide bonds. The Balaban J connectivity index is 2.65. The summed E-state index contributed by atoms with van der Waals surface area (Å²) in [5.41, 5.74) is 5.86. The van der Waals surface area contributed by atoms with Gasteiger partial charge in [-0.25, -0.2) is 0 Å². The number of nitrogens with one attached hydrogen (secondary N) is 2. The standard InChI is InChI=1S/C16H28N4O5/c1-4-9(2)13(17)15(24)19-10(3)16(25)20-7-5-6-11(20)14(23)18-8-12(21)22/h9-11,13H,4-8,17H2,1-3H3,(H,18,23)(H,19,24)(H,21,22). The zero-order valence-corrected chi connectivity index (χ0v) is 14.9. The Morgan fingerprint density at radius 1 is 1.28 bits per heavy atom. The van der Waals surface area contributed by atoms with Gasteiger partial charge in [-0.3, -0.25) is 19.2 Å². The number of carbonyl (C=O) groups excluding carboxylic acids is 3. The molecule has 0 spiro atoms. The largest absolute Gasteiger partial charge is 0.480 e. The summed E-state index contributed by atoms with van der Waals surface area (Å²) >= 11 is 0. The highest BCUT2D eigenvalue weighted by Crippen LogP contribution is 2.18. The molecule has 0 aliphatic carbocycles. The first-order valence-electron chi connectivity index (χ1n) is 8.54. The van der Waals surface area contributed by atoms with E-state index in [9.17, 15) is 19.2 Å². The minimum absolute atomic E-state index is 0.0105. The van der Waals surface area contributed by atoms with Crippen molar-refractivity contribution < 1.29 is 24.3 Å². The van der Waals surface area contributed by atoms with Crippen LogP contribution in [0, 0.1) is 5.92 Å². The van der Waals surface area contributed by atoms with Gasteiger partial charge in [0.05, 0.1) is 6.04 Å². The van der Waals surface area contributed by atoms with Crippen LogP contribution in [0.15, 0.2) is 0 Å². The lowest BCUT2D eigenvalue weighted by Crippen LogP contribution is -2.55. The number of nitrogens with two attached hydrogens (primary N) is 1. The van der Waals surface area contributed by atoms with E-state index in [4.69, 9.17) is 10.8 Å². The van der Waals surface area contributed by atoms with E-state index in [0.717, 1.165) is 6.42 Å². The van der Waals surface area contributed by atoms with Crippen LogP contribution in [-0.4, -0.2) is 64.9 Å². The molecule has 9 heteroatoms. The number of carboxylic acids is 1. The van der Waals surface area contributed by atoms with Crippen LogP contribution in [0.2, 0.25) is 0 Å². The first-order valence-corrected chi connectivity index (χ1v) is 8.54. The van der Waals surface area contributed by atoms with Gasteiger partial charge < -0.3 is 26.4 Å². The zero-order valence-electron chi connectivity index (χ0n) is 14.9. The molecule has 5 N–H and O–H groups in total. The topological polar surface area (TPSA) is 142 Å². The Hall–Kier alpha value is -2.16. The van der Waals surface area contributed by atoms with E-state index in [2.05, 4.69) is 10.6 Å². The lowest BCUT2D eigenvalue weighted by molar-refractivity contribution is -0.142. The fourth-order valence-corrected chi connectivity index (χ4v) is 2.72. The van der Waals surface area contributed by atoms with Crippen LogP contribution in [-0.2, 0) is 19.2 Å². The van der Waals surface area contributed by atoms with Gasteiger partial charge in [0, 0.05) is 6.54 Å². The molecule has 0 aromatic rings. The Morgan fingerprint density at radius 3 is 2.48 bits per heavy atom. The van der Waals surface area contributed by atoms with E-state index in [1.54, 1.807) is 6.92 Å². The van der Waals surface area contributed by atoms with Crippen LogP contribution < -0.4 is 16.4 Å². The summed E-state index contributed by atoms with van der Waals surface area (Å²) in [5.74, 6) is -2.44. The molecule has 1 rings (SSSR count). The van der Waals surface area contributed by atoms with Crippen molar-refractivity contribution in [2.24, 2.45) is 11.7 Å². The molecule has 1 aliphatic rings. The van der Waals surface area contributed by atoms with Gasteiger partial charge in [-0.05, 0) is 25.7 Å². The fraction of sp³-hybridized carbons (Fsp3) is 0.750. The summed E-state index contributed by atoms with van der Waals surface area (Å²) in [6.45, 7) is 5.24. The maximum atomic E-state index is 12.6. The lowest BCUT2D eigenvalue weighted by Gasteiger charge is -2.28. The highest BCUT2D eigenvalue weighted by atomic mass is 16.4. The molecular formula is C16H28N4O5. The molecule has 0 aromatic carbocycles. The Kier molecular flexibility index (Phi) is 7.82. The number of likely N-dealkylation sites (tertiary alicyclic amines) is 1. The SMILES string of the molecule is CCC(C)C(N)C(=O)NC(C)C(=O)N1CCCC1C(=O)NCC(=O)O. The number of carboxylic acid groups (broad SMARTS) is 1. The maximum absolute atomic E-state index is 12.6. The van der Waals surface area contributed by atoms with Crippen molar-refractivity contribution in [3.8, 4) is 0 Å². The van der Waals surface area contributed by atoms with E-state index < -0.39 is 42.5 Å². The first-order chi connectivity index (χ1) is 11.7. The van der Waals surface area contributed by atoms with Crippen LogP contribution in [0.4, 0.5) is 0 Å². The van der Waals surface area contributed by atoms with Crippen molar-refractivity contribution in [2.45, 2.75) is 58.2 Å². The van der Waals surface area contributed by atoms with Crippen molar-refractivity contribution in [3.63, 3.8) is 0 Å². The van der Waals surface area contributed by atoms with Crippen molar-refractivity contribution in [2.75, 3.05) is 13.1 Å². The van der Waals surface area contributed by atoms with Crippen LogP contribution in [0.3, 0.4) is 0 Å². The second-order valence-electron chi connectivity index (χ2n) is 6.44. The molecule has 4 atom stereocenters. The average molecular weight is 356 g/mol. The smallest absolute Gasteiger partial charge is 0.322 e. The lowest BCUT2D eigenvalue weighted by atomic mass is 9.99. The van der Waals surface area contributed by atoms with Crippen LogP contribution in [0.1, 0.15) is 40.0 Å². The van der Waals surface area contributed by atoms with Gasteiger partial charge in [-0.1, -0.05) is 20.3 Å². The van der Waals surface area contributed by atoms with Gasteiger partial charge in [0.15, 0.2) is 0 Å². The molecule has 1 aliphatic heterocycles. The van der Waals surface area contributed by atoms with Crippen molar-refractivity contribution in [1.29, 1.82) is 0 Å². The van der Waals surface area contributed by atoms with Gasteiger partial charge in [-0.15, -0.1) is 0 Å². The normalized spacial score (nSPS) is 20.5. The van der Waals surface area contributed by atoms with Gasteiger partial charge in [0.1, 0.15) is 18.6 Å². The Labute approximate surface area is 147 Å². The monoisotopic (exact) mass is 356 g/mol. The predicted octanol–water partition coefficient (Wildman–Crippen LogP) is -0.944. The van der Waals surface area contributed by atoms with E-state index >= 15 is 0 Å². The van der Waals surface area contributed by atoms with E-state index in [0.29, 0.717) is 19.4 Å². The quantitative estimate of drug-likeness (QED) is 0.442. The molecule has 1 saturated heterocycles. The van der Waals surface area contributed by atoms with Crippen molar-refractivity contribution >= 4 is 23.7 Å². The second kappa shape index (κ2) is 9.36. The summed E-state index contributed by atoms with van der Waals surface area (Å²) in [6, 6.07) is -2.22. The molecule has 1 heterocycles. The molecule has 142 valence electrons. The number of nitrogens with zero attached hydrogens (tertiary/aromatic N) is 1. The second-order valence-corrected chi connectivity index (χ2v) is 6.44. The van der Waals surface area contributed by atoms with Crippen LogP contribution in [0.5, 0.6) is 0 Å². The predicted molar refractivity (Wildman–Crippen MR) is 90.4 cm³/mol. The number of amides is 3. The number of aliphatic carboxylic acids is 1. The third-order valence-corrected chi connectivity index (χ3v) is 4.54. The summed E-state index contributed by atoms with van der Waals surface area (Å²) in [5, 5.41) is 13.5. The minimum atomic E-state index is -1.15. The van der Waals surface area contributed by atoms with Crippen LogP contribution >= 0.6 is 0 Å². The van der Waals surface area contributed by atoms with E-state index in [1.807, 2.05) is 13.8 Å². The first kappa shape index (κ1) is 20.9. The van der Waals surface area contributed by atoms with Gasteiger partial charge in [0.25, 0.3) is 0 Å². The van der Waals surface area contributed by atoms with Gasteiger partial charge in [0.2, 0.25) is 17.7 Å². The summed E-state index contributed by atoms with van der Waals surface area (Å²) < 4.78 is 0. The van der Waals surface area contributed by atoms with E-state index in [1.165, 1.54) is 4.90 Å². The maximum Gasteiger partial charge on any atom is 0.322 e. The number of hydrogen-bond acceptors (Lipinski definition) is 5. The Morgan fingerprint density at radius 2 is 1.92 bits per heavy atom. The molecule has 0 bridgehead atoms. The zero-order chi connectivity index (χ0) is 19.1. The minimum Gasteiger partial charge on any atom is -0.480 e. The van der Waals surface area contributed by atoms with Crippen molar-refractivity contribution in [1.82, 2.24) is 15.5 Å². The highest BCUT2D eigenvalue weighted by Gasteiger charge is 2.36. The molecule has 4 unspecified atom stereocenters. The third-order valence-electron chi connectivity index (χ3n) is 4.54. The third kappa shape index (κ3) is 5.70. The van der Waals surface area contributed by atoms with Crippen molar-refractivity contribution in [3.05, 3.63) is 0 Å². The molecule has 9 nitrogen and oxygen atoms in total. The number of rotatable bonds is 8. The van der Waals surface area contributed by atoms with E-state index in [-0.39, 0.29) is 11.8 Å². The van der Waals surface area contributed by atoms with Gasteiger partial charge in [-0.2, -0.15) is 0 Å². The summed E-state index contributed by atoms with van der Waals surface area (Å²) in [7, 11) is 0. The molecule has 0 aromatic heterocycles. The summed E-state index contributed by atoms with van der Waals surface area (Å²) in [4.78, 5) is 48.7. The summed E-state index contributed by atoms with van der Waals surface area (Å²) in [6.07, 6.45) is 1.85. The van der Waals surface area contributed by atoms with Gasteiger partial charge >= 0.3 is 5.97 Å². The molecule has 1 fully saturated rings. The molecule has 0 saturated carbocycles. The molecule has 25 heavy (non-hydrogen) atoms. The molecular weight excluding hydrogens is 328 g/mol. The number of hydrogen-bond donors (Lipinski definition) is 4.